The van der Waals surface area contributed by atoms with E-state index in [2.05, 4.69) is 0 Å². The number of benzene rings is 2. The lowest BCUT2D eigenvalue weighted by atomic mass is 10.1. The van der Waals surface area contributed by atoms with Crippen LogP contribution in [-0.4, -0.2) is 35.1 Å². The quantitative estimate of drug-likeness (QED) is 0.849. The molecule has 2 aromatic carbocycles. The molecule has 0 heterocycles. The van der Waals surface area contributed by atoms with Gasteiger partial charge in [0, 0.05) is 24.2 Å². The van der Waals surface area contributed by atoms with E-state index in [4.69, 9.17) is 9.84 Å². The SMILES string of the molecule is O=C(c1cccc(COc2cccc(F)c2)c1)N(CCO)C1CC1. The van der Waals surface area contributed by atoms with E-state index in [9.17, 15) is 9.18 Å². The highest BCUT2D eigenvalue weighted by molar-refractivity contribution is 5.94. The van der Waals surface area contributed by atoms with Crippen LogP contribution >= 0.6 is 0 Å². The summed E-state index contributed by atoms with van der Waals surface area (Å²) in [5.41, 5.74) is 1.42. The number of amides is 1. The van der Waals surface area contributed by atoms with Crippen LogP contribution in [0, 0.1) is 5.82 Å². The van der Waals surface area contributed by atoms with Gasteiger partial charge in [-0.3, -0.25) is 4.79 Å². The minimum atomic E-state index is -0.347. The third-order valence-electron chi connectivity index (χ3n) is 3.96. The van der Waals surface area contributed by atoms with Crippen LogP contribution in [0.1, 0.15) is 28.8 Å². The van der Waals surface area contributed by atoms with Crippen molar-refractivity contribution in [3.8, 4) is 5.75 Å². The number of carbonyl (C=O) groups is 1. The maximum atomic E-state index is 13.2. The van der Waals surface area contributed by atoms with Crippen LogP contribution in [-0.2, 0) is 6.61 Å². The molecule has 4 nitrogen and oxygen atoms in total. The molecule has 0 spiro atoms. The Morgan fingerprint density at radius 1 is 1.21 bits per heavy atom. The average molecular weight is 329 g/mol. The first-order valence-electron chi connectivity index (χ1n) is 8.06. The molecule has 5 heteroatoms. The zero-order valence-electron chi connectivity index (χ0n) is 13.3. The fraction of sp³-hybridized carbons (Fsp3) is 0.316. The highest BCUT2D eigenvalue weighted by Gasteiger charge is 2.32. The molecule has 0 bridgehead atoms. The molecule has 0 aliphatic heterocycles. The molecule has 0 atom stereocenters. The molecule has 3 rings (SSSR count). The molecule has 24 heavy (non-hydrogen) atoms. The molecule has 2 aromatic rings. The Labute approximate surface area is 140 Å². The molecule has 0 aromatic heterocycles. The molecule has 1 aliphatic carbocycles. The molecule has 1 fully saturated rings. The summed E-state index contributed by atoms with van der Waals surface area (Å²) in [7, 11) is 0. The van der Waals surface area contributed by atoms with E-state index in [0.29, 0.717) is 17.9 Å². The first-order valence-corrected chi connectivity index (χ1v) is 8.06. The van der Waals surface area contributed by atoms with Crippen LogP contribution in [0.3, 0.4) is 0 Å². The fourth-order valence-corrected chi connectivity index (χ4v) is 2.63. The highest BCUT2D eigenvalue weighted by atomic mass is 19.1. The van der Waals surface area contributed by atoms with E-state index in [1.807, 2.05) is 12.1 Å². The van der Waals surface area contributed by atoms with E-state index >= 15 is 0 Å². The lowest BCUT2D eigenvalue weighted by Gasteiger charge is -2.21. The number of hydrogen-bond donors (Lipinski definition) is 1. The van der Waals surface area contributed by atoms with Crippen LogP contribution < -0.4 is 4.74 Å². The summed E-state index contributed by atoms with van der Waals surface area (Å²) >= 11 is 0. The molecule has 126 valence electrons. The molecule has 1 saturated carbocycles. The van der Waals surface area contributed by atoms with Crippen molar-refractivity contribution in [2.45, 2.75) is 25.5 Å². The Morgan fingerprint density at radius 2 is 2.00 bits per heavy atom. The lowest BCUT2D eigenvalue weighted by Crippen LogP contribution is -2.35. The normalized spacial score (nSPS) is 13.6. The standard InChI is InChI=1S/C19H20FNO3/c20-16-5-2-6-18(12-16)24-13-14-3-1-4-15(11-14)19(23)21(9-10-22)17-7-8-17/h1-6,11-12,17,22H,7-10,13H2. The largest absolute Gasteiger partial charge is 0.489 e. The second-order valence-electron chi connectivity index (χ2n) is 5.90. The third-order valence-corrected chi connectivity index (χ3v) is 3.96. The Kier molecular flexibility index (Phi) is 5.11. The predicted octanol–water partition coefficient (Wildman–Crippen LogP) is 3.00. The topological polar surface area (TPSA) is 49.8 Å². The van der Waals surface area contributed by atoms with Gasteiger partial charge in [0.1, 0.15) is 18.2 Å². The van der Waals surface area contributed by atoms with Crippen LogP contribution in [0.25, 0.3) is 0 Å². The van der Waals surface area contributed by atoms with Crippen molar-refractivity contribution in [2.24, 2.45) is 0 Å². The minimum absolute atomic E-state index is 0.0371. The zero-order chi connectivity index (χ0) is 16.9. The summed E-state index contributed by atoms with van der Waals surface area (Å²) in [6.07, 6.45) is 1.99. The third kappa shape index (κ3) is 4.11. The maximum Gasteiger partial charge on any atom is 0.254 e. The van der Waals surface area contributed by atoms with Crippen molar-refractivity contribution >= 4 is 5.91 Å². The average Bonchev–Trinajstić information content (AvgIpc) is 3.42. The van der Waals surface area contributed by atoms with Crippen molar-refractivity contribution in [3.05, 3.63) is 65.5 Å². The molecule has 1 aliphatic rings. The number of aliphatic hydroxyl groups excluding tert-OH is 1. The number of halogens is 1. The molecular weight excluding hydrogens is 309 g/mol. The summed E-state index contributed by atoms with van der Waals surface area (Å²) in [6.45, 7) is 0.576. The first-order chi connectivity index (χ1) is 11.7. The molecular formula is C19H20FNO3. The van der Waals surface area contributed by atoms with Crippen molar-refractivity contribution in [2.75, 3.05) is 13.2 Å². The van der Waals surface area contributed by atoms with Gasteiger partial charge < -0.3 is 14.7 Å². The second kappa shape index (κ2) is 7.45. The Balaban J connectivity index is 1.68. The Hall–Kier alpha value is -2.40. The van der Waals surface area contributed by atoms with Crippen LogP contribution in [0.5, 0.6) is 5.75 Å². The van der Waals surface area contributed by atoms with E-state index in [1.165, 1.54) is 12.1 Å². The molecule has 0 saturated heterocycles. The number of aliphatic hydroxyl groups is 1. The second-order valence-corrected chi connectivity index (χ2v) is 5.90. The van der Waals surface area contributed by atoms with E-state index < -0.39 is 0 Å². The molecule has 1 amide bonds. The van der Waals surface area contributed by atoms with Gasteiger partial charge in [-0.2, -0.15) is 0 Å². The van der Waals surface area contributed by atoms with Gasteiger partial charge in [0.05, 0.1) is 6.61 Å². The number of hydrogen-bond acceptors (Lipinski definition) is 3. The maximum absolute atomic E-state index is 13.2. The summed E-state index contributed by atoms with van der Waals surface area (Å²) in [6, 6.07) is 13.4. The van der Waals surface area contributed by atoms with Gasteiger partial charge in [-0.05, 0) is 42.7 Å². The lowest BCUT2D eigenvalue weighted by molar-refractivity contribution is 0.0707. The predicted molar refractivity (Wildman–Crippen MR) is 88.3 cm³/mol. The fourth-order valence-electron chi connectivity index (χ4n) is 2.63. The van der Waals surface area contributed by atoms with E-state index in [0.717, 1.165) is 18.4 Å². The summed E-state index contributed by atoms with van der Waals surface area (Å²) in [4.78, 5) is 14.3. The van der Waals surface area contributed by atoms with Gasteiger partial charge in [-0.15, -0.1) is 0 Å². The van der Waals surface area contributed by atoms with Crippen molar-refractivity contribution in [1.29, 1.82) is 0 Å². The van der Waals surface area contributed by atoms with Crippen LogP contribution in [0.2, 0.25) is 0 Å². The molecule has 0 radical (unpaired) electrons. The van der Waals surface area contributed by atoms with Gasteiger partial charge in [-0.25, -0.2) is 4.39 Å². The summed E-state index contributed by atoms with van der Waals surface area (Å²) in [5, 5.41) is 9.15. The van der Waals surface area contributed by atoms with Crippen LogP contribution in [0.4, 0.5) is 4.39 Å². The number of carbonyl (C=O) groups excluding carboxylic acids is 1. The summed E-state index contributed by atoms with van der Waals surface area (Å²) < 4.78 is 18.7. The van der Waals surface area contributed by atoms with Gasteiger partial charge in [-0.1, -0.05) is 18.2 Å². The monoisotopic (exact) mass is 329 g/mol. The van der Waals surface area contributed by atoms with Crippen LogP contribution in [0.15, 0.2) is 48.5 Å². The zero-order valence-corrected chi connectivity index (χ0v) is 13.3. The first kappa shape index (κ1) is 16.5. The van der Waals surface area contributed by atoms with Crippen molar-refractivity contribution < 1.29 is 19.0 Å². The van der Waals surface area contributed by atoms with Gasteiger partial charge in [0.2, 0.25) is 0 Å². The Bertz CT molecular complexity index is 715. The highest BCUT2D eigenvalue weighted by Crippen LogP contribution is 2.28. The summed E-state index contributed by atoms with van der Waals surface area (Å²) in [5.74, 6) is 0.0336. The number of ether oxygens (including phenoxy) is 1. The number of nitrogens with zero attached hydrogens (tertiary/aromatic N) is 1. The van der Waals surface area contributed by atoms with Gasteiger partial charge in [0.25, 0.3) is 5.91 Å². The minimum Gasteiger partial charge on any atom is -0.489 e. The van der Waals surface area contributed by atoms with Gasteiger partial charge in [0.15, 0.2) is 0 Å². The van der Waals surface area contributed by atoms with Gasteiger partial charge >= 0.3 is 0 Å². The number of rotatable bonds is 7. The molecule has 0 unspecified atom stereocenters. The van der Waals surface area contributed by atoms with Crippen molar-refractivity contribution in [3.63, 3.8) is 0 Å². The van der Waals surface area contributed by atoms with Crippen molar-refractivity contribution in [1.82, 2.24) is 4.90 Å². The molecule has 1 N–H and O–H groups in total. The Morgan fingerprint density at radius 3 is 2.71 bits per heavy atom. The van der Waals surface area contributed by atoms with E-state index in [-0.39, 0.29) is 31.0 Å². The van der Waals surface area contributed by atoms with E-state index in [1.54, 1.807) is 29.2 Å². The smallest absolute Gasteiger partial charge is 0.254 e.